The standard InChI is InChI=1S/C13H13F2N7O2S/c1-8-5-9(3-4-11(8)22-7-16-19-20-22)25(23,24)18-10-6-21(2)17-12(10)13(14)15/h3-7,13,18H,1-2H3. The summed E-state index contributed by atoms with van der Waals surface area (Å²) in [4.78, 5) is -0.0779. The summed E-state index contributed by atoms with van der Waals surface area (Å²) < 4.78 is 55.6. The number of aromatic nitrogens is 6. The van der Waals surface area contributed by atoms with Gasteiger partial charge in [0, 0.05) is 13.2 Å². The molecule has 1 N–H and O–H groups in total. The maximum atomic E-state index is 13.0. The Bertz CT molecular complexity index is 1000. The zero-order valence-corrected chi connectivity index (χ0v) is 13.9. The summed E-state index contributed by atoms with van der Waals surface area (Å²) in [5.41, 5.74) is 0.293. The highest BCUT2D eigenvalue weighted by atomic mass is 32.2. The van der Waals surface area contributed by atoms with E-state index in [4.69, 9.17) is 0 Å². The number of aryl methyl sites for hydroxylation is 2. The van der Waals surface area contributed by atoms with Crippen LogP contribution in [0.2, 0.25) is 0 Å². The molecule has 0 fully saturated rings. The highest BCUT2D eigenvalue weighted by Gasteiger charge is 2.23. The molecule has 0 radical (unpaired) electrons. The zero-order chi connectivity index (χ0) is 18.2. The smallest absolute Gasteiger partial charge is 0.276 e. The number of benzene rings is 1. The molecule has 0 amide bonds. The molecule has 0 saturated carbocycles. The van der Waals surface area contributed by atoms with Gasteiger partial charge in [-0.1, -0.05) is 0 Å². The van der Waals surface area contributed by atoms with E-state index in [1.54, 1.807) is 6.92 Å². The normalized spacial score (nSPS) is 11.9. The molecule has 12 heteroatoms. The van der Waals surface area contributed by atoms with Gasteiger partial charge in [-0.25, -0.2) is 21.9 Å². The van der Waals surface area contributed by atoms with Gasteiger partial charge in [-0.3, -0.25) is 9.40 Å². The molecule has 9 nitrogen and oxygen atoms in total. The van der Waals surface area contributed by atoms with E-state index in [-0.39, 0.29) is 10.6 Å². The molecule has 2 heterocycles. The SMILES string of the molecule is Cc1cc(S(=O)(=O)Nc2cn(C)nc2C(F)F)ccc1-n1cnnn1. The Morgan fingerprint density at radius 1 is 1.28 bits per heavy atom. The van der Waals surface area contributed by atoms with Crippen molar-refractivity contribution in [1.82, 2.24) is 30.0 Å². The third-order valence-corrected chi connectivity index (χ3v) is 4.75. The van der Waals surface area contributed by atoms with Crippen molar-refractivity contribution < 1.29 is 17.2 Å². The molecule has 0 aliphatic rings. The monoisotopic (exact) mass is 369 g/mol. The van der Waals surface area contributed by atoms with Crippen LogP contribution in [0.25, 0.3) is 5.69 Å². The number of hydrogen-bond acceptors (Lipinski definition) is 6. The molecule has 3 aromatic rings. The van der Waals surface area contributed by atoms with Gasteiger partial charge < -0.3 is 0 Å². The van der Waals surface area contributed by atoms with Gasteiger partial charge in [0.15, 0.2) is 5.69 Å². The van der Waals surface area contributed by atoms with Gasteiger partial charge in [0.2, 0.25) is 0 Å². The van der Waals surface area contributed by atoms with Crippen molar-refractivity contribution in [3.05, 3.63) is 42.0 Å². The van der Waals surface area contributed by atoms with Crippen LogP contribution >= 0.6 is 0 Å². The van der Waals surface area contributed by atoms with Gasteiger partial charge in [0.25, 0.3) is 16.4 Å². The van der Waals surface area contributed by atoms with E-state index in [9.17, 15) is 17.2 Å². The minimum Gasteiger partial charge on any atom is -0.276 e. The topological polar surface area (TPSA) is 108 Å². The molecule has 0 atom stereocenters. The second kappa shape index (κ2) is 6.20. The third kappa shape index (κ3) is 3.33. The van der Waals surface area contributed by atoms with E-state index in [1.165, 1.54) is 42.5 Å². The van der Waals surface area contributed by atoms with Crippen LogP contribution in [0.1, 0.15) is 17.7 Å². The largest absolute Gasteiger partial charge is 0.284 e. The second-order valence-corrected chi connectivity index (χ2v) is 6.89. The lowest BCUT2D eigenvalue weighted by molar-refractivity contribution is 0.146. The van der Waals surface area contributed by atoms with E-state index in [2.05, 4.69) is 25.3 Å². The predicted molar refractivity (Wildman–Crippen MR) is 82.9 cm³/mol. The van der Waals surface area contributed by atoms with Crippen molar-refractivity contribution in [2.24, 2.45) is 7.05 Å². The number of rotatable bonds is 5. The Labute approximate surface area is 141 Å². The van der Waals surface area contributed by atoms with Gasteiger partial charge in [0.05, 0.1) is 16.3 Å². The fraction of sp³-hybridized carbons (Fsp3) is 0.231. The van der Waals surface area contributed by atoms with Crippen molar-refractivity contribution in [1.29, 1.82) is 0 Å². The molecule has 0 spiro atoms. The molecular formula is C13H13F2N7O2S. The average molecular weight is 369 g/mol. The van der Waals surface area contributed by atoms with E-state index in [0.29, 0.717) is 11.3 Å². The van der Waals surface area contributed by atoms with Crippen LogP contribution in [0.5, 0.6) is 0 Å². The molecule has 2 aromatic heterocycles. The number of hydrogen-bond donors (Lipinski definition) is 1. The Morgan fingerprint density at radius 2 is 2.04 bits per heavy atom. The Hall–Kier alpha value is -2.89. The minimum atomic E-state index is -4.06. The van der Waals surface area contributed by atoms with Gasteiger partial charge in [-0.05, 0) is 41.1 Å². The Kier molecular flexibility index (Phi) is 4.20. The van der Waals surface area contributed by atoms with Crippen molar-refractivity contribution in [2.45, 2.75) is 18.2 Å². The Balaban J connectivity index is 1.94. The van der Waals surface area contributed by atoms with Crippen molar-refractivity contribution >= 4 is 15.7 Å². The molecule has 0 aliphatic heterocycles. The summed E-state index contributed by atoms with van der Waals surface area (Å²) in [6.07, 6.45) is -0.344. The van der Waals surface area contributed by atoms with Crippen LogP contribution in [0.3, 0.4) is 0 Å². The average Bonchev–Trinajstić information content (AvgIpc) is 3.16. The number of halogens is 2. The molecule has 3 rings (SSSR count). The van der Waals surface area contributed by atoms with Crippen LogP contribution < -0.4 is 4.72 Å². The highest BCUT2D eigenvalue weighted by molar-refractivity contribution is 7.92. The quantitative estimate of drug-likeness (QED) is 0.729. The highest BCUT2D eigenvalue weighted by Crippen LogP contribution is 2.28. The number of nitrogens with zero attached hydrogens (tertiary/aromatic N) is 6. The molecule has 0 unspecified atom stereocenters. The summed E-state index contributed by atoms with van der Waals surface area (Å²) in [5, 5.41) is 14.3. The first-order chi connectivity index (χ1) is 11.8. The van der Waals surface area contributed by atoms with Crippen LogP contribution in [0.15, 0.2) is 35.6 Å². The Morgan fingerprint density at radius 3 is 2.64 bits per heavy atom. The lowest BCUT2D eigenvalue weighted by Gasteiger charge is -2.10. The molecular weight excluding hydrogens is 356 g/mol. The molecule has 0 saturated heterocycles. The summed E-state index contributed by atoms with van der Waals surface area (Å²) >= 11 is 0. The fourth-order valence-corrected chi connectivity index (χ4v) is 3.42. The van der Waals surface area contributed by atoms with E-state index in [0.717, 1.165) is 4.68 Å². The molecule has 132 valence electrons. The zero-order valence-electron chi connectivity index (χ0n) is 13.1. The minimum absolute atomic E-state index is 0.0779. The van der Waals surface area contributed by atoms with Crippen LogP contribution in [0, 0.1) is 6.92 Å². The first-order valence-corrected chi connectivity index (χ1v) is 8.45. The lowest BCUT2D eigenvalue weighted by Crippen LogP contribution is -2.14. The predicted octanol–water partition coefficient (Wildman–Crippen LogP) is 1.44. The summed E-state index contributed by atoms with van der Waals surface area (Å²) in [6, 6.07) is 4.26. The van der Waals surface area contributed by atoms with E-state index in [1.807, 2.05) is 0 Å². The van der Waals surface area contributed by atoms with Crippen molar-refractivity contribution in [2.75, 3.05) is 4.72 Å². The van der Waals surface area contributed by atoms with Gasteiger partial charge in [-0.15, -0.1) is 5.10 Å². The lowest BCUT2D eigenvalue weighted by atomic mass is 10.2. The van der Waals surface area contributed by atoms with Gasteiger partial charge >= 0.3 is 0 Å². The maximum Gasteiger partial charge on any atom is 0.284 e. The molecule has 1 aromatic carbocycles. The summed E-state index contributed by atoms with van der Waals surface area (Å²) in [5.74, 6) is 0. The first-order valence-electron chi connectivity index (χ1n) is 6.96. The molecule has 0 bridgehead atoms. The van der Waals surface area contributed by atoms with E-state index >= 15 is 0 Å². The van der Waals surface area contributed by atoms with Gasteiger partial charge in [0.1, 0.15) is 6.33 Å². The molecule has 25 heavy (non-hydrogen) atoms. The fourth-order valence-electron chi connectivity index (χ4n) is 2.27. The number of tetrazole rings is 1. The van der Waals surface area contributed by atoms with Crippen molar-refractivity contribution in [3.63, 3.8) is 0 Å². The van der Waals surface area contributed by atoms with Crippen LogP contribution in [-0.4, -0.2) is 38.4 Å². The van der Waals surface area contributed by atoms with Crippen molar-refractivity contribution in [3.8, 4) is 5.69 Å². The van der Waals surface area contributed by atoms with Crippen LogP contribution in [-0.2, 0) is 17.1 Å². The first kappa shape index (κ1) is 17.0. The number of nitrogens with one attached hydrogen (secondary N) is 1. The van der Waals surface area contributed by atoms with E-state index < -0.39 is 22.1 Å². The third-order valence-electron chi connectivity index (χ3n) is 3.38. The number of anilines is 1. The maximum absolute atomic E-state index is 13.0. The second-order valence-electron chi connectivity index (χ2n) is 5.21. The van der Waals surface area contributed by atoms with Crippen LogP contribution in [0.4, 0.5) is 14.5 Å². The summed E-state index contributed by atoms with van der Waals surface area (Å²) in [6.45, 7) is 1.69. The number of sulfonamides is 1. The molecule has 0 aliphatic carbocycles. The number of alkyl halides is 2. The summed E-state index contributed by atoms with van der Waals surface area (Å²) in [7, 11) is -2.64. The van der Waals surface area contributed by atoms with Gasteiger partial charge in [-0.2, -0.15) is 5.10 Å².